The molecule has 1 N–H and O–H groups in total. The minimum absolute atomic E-state index is 0.520. The van der Waals surface area contributed by atoms with Crippen molar-refractivity contribution in [2.75, 3.05) is 27.3 Å². The van der Waals surface area contributed by atoms with E-state index in [0.717, 1.165) is 44.1 Å². The van der Waals surface area contributed by atoms with Crippen LogP contribution in [0.1, 0.15) is 17.7 Å². The Kier molecular flexibility index (Phi) is 4.05. The number of nitrogens with one attached hydrogen (secondary N) is 1. The SMILES string of the molecule is CNCc1oc2ccccc2c1CN(C)C1CCOC1. The van der Waals surface area contributed by atoms with Gasteiger partial charge in [-0.15, -0.1) is 0 Å². The Morgan fingerprint density at radius 3 is 2.95 bits per heavy atom. The van der Waals surface area contributed by atoms with Crippen LogP contribution in [-0.4, -0.2) is 38.3 Å². The van der Waals surface area contributed by atoms with E-state index in [-0.39, 0.29) is 0 Å². The van der Waals surface area contributed by atoms with Crippen LogP contribution in [0.3, 0.4) is 0 Å². The molecule has 1 atom stereocenters. The molecule has 2 aromatic rings. The molecule has 0 aliphatic carbocycles. The lowest BCUT2D eigenvalue weighted by molar-refractivity contribution is 0.156. The zero-order valence-electron chi connectivity index (χ0n) is 12.2. The van der Waals surface area contributed by atoms with Gasteiger partial charge >= 0.3 is 0 Å². The topological polar surface area (TPSA) is 37.6 Å². The summed E-state index contributed by atoms with van der Waals surface area (Å²) in [5.41, 5.74) is 2.27. The molecule has 1 unspecified atom stereocenters. The van der Waals surface area contributed by atoms with Crippen molar-refractivity contribution in [2.45, 2.75) is 25.6 Å². The van der Waals surface area contributed by atoms with E-state index in [1.165, 1.54) is 10.9 Å². The number of ether oxygens (including phenoxy) is 1. The van der Waals surface area contributed by atoms with Crippen molar-refractivity contribution in [3.05, 3.63) is 35.6 Å². The van der Waals surface area contributed by atoms with E-state index in [1.54, 1.807) is 0 Å². The molecule has 20 heavy (non-hydrogen) atoms. The molecular weight excluding hydrogens is 252 g/mol. The standard InChI is InChI=1S/C16H22N2O2/c1-17-9-16-14(10-18(2)12-7-8-19-11-12)13-5-3-4-6-15(13)20-16/h3-6,12,17H,7-11H2,1-2H3. The molecule has 4 nitrogen and oxygen atoms in total. The number of nitrogens with zero attached hydrogens (tertiary/aromatic N) is 1. The number of hydrogen-bond acceptors (Lipinski definition) is 4. The maximum atomic E-state index is 5.98. The van der Waals surface area contributed by atoms with Crippen molar-refractivity contribution >= 4 is 11.0 Å². The van der Waals surface area contributed by atoms with Gasteiger partial charge in [-0.2, -0.15) is 0 Å². The van der Waals surface area contributed by atoms with Gasteiger partial charge in [0.15, 0.2) is 0 Å². The summed E-state index contributed by atoms with van der Waals surface area (Å²) in [7, 11) is 4.12. The van der Waals surface area contributed by atoms with Crippen LogP contribution in [0.4, 0.5) is 0 Å². The summed E-state index contributed by atoms with van der Waals surface area (Å²) in [6.07, 6.45) is 1.12. The highest BCUT2D eigenvalue weighted by Crippen LogP contribution is 2.28. The fourth-order valence-electron chi connectivity index (χ4n) is 2.87. The summed E-state index contributed by atoms with van der Waals surface area (Å²) in [5, 5.41) is 4.42. The number of benzene rings is 1. The minimum atomic E-state index is 0.520. The molecule has 2 heterocycles. The Balaban J connectivity index is 1.89. The molecule has 1 aromatic heterocycles. The van der Waals surface area contributed by atoms with E-state index in [1.807, 2.05) is 19.2 Å². The first-order chi connectivity index (χ1) is 9.79. The lowest BCUT2D eigenvalue weighted by atomic mass is 10.1. The fraction of sp³-hybridized carbons (Fsp3) is 0.500. The number of likely N-dealkylation sites (N-methyl/N-ethyl adjacent to an activating group) is 1. The van der Waals surface area contributed by atoms with Crippen molar-refractivity contribution in [3.8, 4) is 0 Å². The molecule has 1 aliphatic heterocycles. The number of para-hydroxylation sites is 1. The molecule has 1 aliphatic rings. The molecule has 0 amide bonds. The average molecular weight is 274 g/mol. The molecule has 1 saturated heterocycles. The zero-order chi connectivity index (χ0) is 13.9. The molecule has 0 saturated carbocycles. The van der Waals surface area contributed by atoms with Crippen molar-refractivity contribution < 1.29 is 9.15 Å². The highest BCUT2D eigenvalue weighted by atomic mass is 16.5. The van der Waals surface area contributed by atoms with Crippen molar-refractivity contribution in [3.63, 3.8) is 0 Å². The van der Waals surface area contributed by atoms with Gasteiger partial charge in [-0.1, -0.05) is 18.2 Å². The predicted molar refractivity (Wildman–Crippen MR) is 79.7 cm³/mol. The summed E-state index contributed by atoms with van der Waals surface area (Å²) in [4.78, 5) is 2.38. The van der Waals surface area contributed by atoms with Crippen molar-refractivity contribution in [1.29, 1.82) is 0 Å². The van der Waals surface area contributed by atoms with E-state index in [2.05, 4.69) is 29.4 Å². The Labute approximate surface area is 119 Å². The van der Waals surface area contributed by atoms with E-state index >= 15 is 0 Å². The largest absolute Gasteiger partial charge is 0.459 e. The smallest absolute Gasteiger partial charge is 0.134 e. The first kappa shape index (κ1) is 13.6. The number of hydrogen-bond donors (Lipinski definition) is 1. The van der Waals surface area contributed by atoms with E-state index in [9.17, 15) is 0 Å². The molecule has 108 valence electrons. The number of furan rings is 1. The van der Waals surface area contributed by atoms with Crippen LogP contribution in [0.2, 0.25) is 0 Å². The molecule has 0 spiro atoms. The Bertz CT molecular complexity index is 573. The molecule has 1 aromatic carbocycles. The average Bonchev–Trinajstić information content (AvgIpc) is 3.08. The van der Waals surface area contributed by atoms with Gasteiger partial charge in [0.2, 0.25) is 0 Å². The van der Waals surface area contributed by atoms with Crippen LogP contribution in [0.15, 0.2) is 28.7 Å². The van der Waals surface area contributed by atoms with E-state index in [0.29, 0.717) is 6.04 Å². The maximum Gasteiger partial charge on any atom is 0.134 e. The third-order valence-electron chi connectivity index (χ3n) is 4.06. The van der Waals surface area contributed by atoms with Crippen LogP contribution in [-0.2, 0) is 17.8 Å². The first-order valence-corrected chi connectivity index (χ1v) is 7.21. The van der Waals surface area contributed by atoms with Gasteiger partial charge < -0.3 is 14.5 Å². The second kappa shape index (κ2) is 5.95. The van der Waals surface area contributed by atoms with Gasteiger partial charge in [0.1, 0.15) is 11.3 Å². The van der Waals surface area contributed by atoms with Gasteiger partial charge in [0.05, 0.1) is 13.2 Å². The molecule has 0 radical (unpaired) electrons. The Hall–Kier alpha value is -1.36. The molecule has 4 heteroatoms. The maximum absolute atomic E-state index is 5.98. The van der Waals surface area contributed by atoms with Gasteiger partial charge in [-0.25, -0.2) is 0 Å². The number of fused-ring (bicyclic) bond motifs is 1. The van der Waals surface area contributed by atoms with Crippen LogP contribution in [0, 0.1) is 0 Å². The molecular formula is C16H22N2O2. The van der Waals surface area contributed by atoms with E-state index < -0.39 is 0 Å². The summed E-state index contributed by atoms with van der Waals surface area (Å²) in [6, 6.07) is 8.80. The van der Waals surface area contributed by atoms with Crippen LogP contribution < -0.4 is 5.32 Å². The normalized spacial score (nSPS) is 19.2. The van der Waals surface area contributed by atoms with Crippen LogP contribution >= 0.6 is 0 Å². The van der Waals surface area contributed by atoms with Crippen molar-refractivity contribution in [2.24, 2.45) is 0 Å². The Morgan fingerprint density at radius 2 is 2.20 bits per heavy atom. The monoisotopic (exact) mass is 274 g/mol. The predicted octanol–water partition coefficient (Wildman–Crippen LogP) is 2.37. The summed E-state index contributed by atoms with van der Waals surface area (Å²) in [6.45, 7) is 3.39. The van der Waals surface area contributed by atoms with Gasteiger partial charge in [0, 0.05) is 30.1 Å². The number of rotatable bonds is 5. The second-order valence-corrected chi connectivity index (χ2v) is 5.46. The van der Waals surface area contributed by atoms with Gasteiger partial charge in [0.25, 0.3) is 0 Å². The lowest BCUT2D eigenvalue weighted by Crippen LogP contribution is -2.31. The Morgan fingerprint density at radius 1 is 1.35 bits per heavy atom. The van der Waals surface area contributed by atoms with Crippen molar-refractivity contribution in [1.82, 2.24) is 10.2 Å². The summed E-state index contributed by atoms with van der Waals surface area (Å²) < 4.78 is 11.5. The van der Waals surface area contributed by atoms with Gasteiger partial charge in [-0.05, 0) is 26.6 Å². The second-order valence-electron chi connectivity index (χ2n) is 5.46. The van der Waals surface area contributed by atoms with Gasteiger partial charge in [-0.3, -0.25) is 4.90 Å². The van der Waals surface area contributed by atoms with Crippen LogP contribution in [0.5, 0.6) is 0 Å². The highest BCUT2D eigenvalue weighted by Gasteiger charge is 2.23. The quantitative estimate of drug-likeness (QED) is 0.908. The van der Waals surface area contributed by atoms with Crippen LogP contribution in [0.25, 0.3) is 11.0 Å². The molecule has 3 rings (SSSR count). The highest BCUT2D eigenvalue weighted by molar-refractivity contribution is 5.82. The third-order valence-corrected chi connectivity index (χ3v) is 4.06. The minimum Gasteiger partial charge on any atom is -0.459 e. The lowest BCUT2D eigenvalue weighted by Gasteiger charge is -2.22. The molecule has 0 bridgehead atoms. The van der Waals surface area contributed by atoms with E-state index in [4.69, 9.17) is 9.15 Å². The zero-order valence-corrected chi connectivity index (χ0v) is 12.2. The first-order valence-electron chi connectivity index (χ1n) is 7.21. The third kappa shape index (κ3) is 2.59. The molecule has 1 fully saturated rings. The summed E-state index contributed by atoms with van der Waals surface area (Å²) in [5.74, 6) is 1.04. The summed E-state index contributed by atoms with van der Waals surface area (Å²) >= 11 is 0. The fourth-order valence-corrected chi connectivity index (χ4v) is 2.87.